The molecule has 13 heteroatoms. The standard InChI is InChI=1S/C38H42N2O9S2/c1-21(2)22-10-11-25(28(12-22)36(41)48-9)35-29-13-26-23(19-50(42,43)44)17-37(3,4)39(7)31(26)15-33(29)49-34-16-32-27(14-30(34)35)24(20-51(45,46)47)18-38(5,6)40(32)8/h10-18,21H,19-20H2,1-9H3,(H-,42,43,44,45,46,47)/p+1. The number of rotatable bonds is 7. The van der Waals surface area contributed by atoms with Gasteiger partial charge in [0.15, 0.2) is 5.54 Å². The van der Waals surface area contributed by atoms with Crippen LogP contribution in [0.25, 0.3) is 16.7 Å². The van der Waals surface area contributed by atoms with Crippen molar-refractivity contribution in [2.45, 2.75) is 58.5 Å². The number of anilines is 1. The predicted molar refractivity (Wildman–Crippen MR) is 198 cm³/mol. The second kappa shape index (κ2) is 12.1. The molecule has 3 heterocycles. The fourth-order valence-electron chi connectivity index (χ4n) is 7.19. The minimum Gasteiger partial charge on any atom is -0.465 e. The Morgan fingerprint density at radius 2 is 1.49 bits per heavy atom. The molecule has 0 fully saturated rings. The fourth-order valence-corrected chi connectivity index (χ4v) is 8.46. The van der Waals surface area contributed by atoms with Crippen LogP contribution in [0.15, 0.2) is 54.6 Å². The number of carbonyl (C=O) groups is 1. The van der Waals surface area contributed by atoms with Gasteiger partial charge in [0.05, 0.1) is 29.8 Å². The number of hydrogen-bond acceptors (Lipinski definition) is 8. The van der Waals surface area contributed by atoms with Gasteiger partial charge < -0.3 is 14.4 Å². The molecule has 0 spiro atoms. The zero-order chi connectivity index (χ0) is 37.6. The maximum atomic E-state index is 13.5. The van der Waals surface area contributed by atoms with Gasteiger partial charge in [0.2, 0.25) is 5.36 Å². The number of ether oxygens (including phenoxy) is 2. The predicted octanol–water partition coefficient (Wildman–Crippen LogP) is 4.63. The summed E-state index contributed by atoms with van der Waals surface area (Å²) < 4.78 is 83.0. The Morgan fingerprint density at radius 1 is 0.863 bits per heavy atom. The van der Waals surface area contributed by atoms with Crippen LogP contribution in [0.5, 0.6) is 11.5 Å². The van der Waals surface area contributed by atoms with Gasteiger partial charge in [0.1, 0.15) is 30.1 Å². The summed E-state index contributed by atoms with van der Waals surface area (Å²) in [6.07, 6.45) is 3.62. The molecule has 0 atom stereocenters. The number of hydrogen-bond donors (Lipinski definition) is 2. The van der Waals surface area contributed by atoms with Crippen LogP contribution < -0.4 is 24.8 Å². The molecule has 51 heavy (non-hydrogen) atoms. The van der Waals surface area contributed by atoms with Gasteiger partial charge in [0, 0.05) is 54.6 Å². The van der Waals surface area contributed by atoms with Crippen molar-refractivity contribution in [1.82, 2.24) is 4.58 Å². The molecule has 0 amide bonds. The summed E-state index contributed by atoms with van der Waals surface area (Å²) in [5.74, 6) is -0.797. The molecule has 270 valence electrons. The minimum absolute atomic E-state index is 0.0970. The van der Waals surface area contributed by atoms with E-state index in [9.17, 15) is 30.7 Å². The van der Waals surface area contributed by atoms with E-state index < -0.39 is 48.8 Å². The quantitative estimate of drug-likeness (QED) is 0.156. The Kier molecular flexibility index (Phi) is 8.69. The van der Waals surface area contributed by atoms with Crippen molar-refractivity contribution in [3.63, 3.8) is 0 Å². The van der Waals surface area contributed by atoms with Crippen molar-refractivity contribution < 1.29 is 40.2 Å². The molecule has 3 aliphatic rings. The van der Waals surface area contributed by atoms with E-state index in [0.717, 1.165) is 5.56 Å². The minimum atomic E-state index is -4.42. The summed E-state index contributed by atoms with van der Waals surface area (Å²) in [6, 6.07) is 12.9. The van der Waals surface area contributed by atoms with Gasteiger partial charge in [0.25, 0.3) is 20.2 Å². The van der Waals surface area contributed by atoms with E-state index in [1.165, 1.54) is 7.11 Å². The van der Waals surface area contributed by atoms with Crippen LogP contribution in [-0.4, -0.2) is 75.7 Å². The van der Waals surface area contributed by atoms with Crippen LogP contribution in [0.2, 0.25) is 0 Å². The van der Waals surface area contributed by atoms with E-state index in [0.29, 0.717) is 72.3 Å². The zero-order valence-electron chi connectivity index (χ0n) is 30.2. The van der Waals surface area contributed by atoms with Crippen molar-refractivity contribution in [3.8, 4) is 11.5 Å². The lowest BCUT2D eigenvalue weighted by Gasteiger charge is -2.41. The van der Waals surface area contributed by atoms with Gasteiger partial charge in [-0.1, -0.05) is 32.1 Å². The van der Waals surface area contributed by atoms with E-state index in [-0.39, 0.29) is 5.92 Å². The summed E-state index contributed by atoms with van der Waals surface area (Å²) in [5, 5.41) is 1.23. The maximum Gasteiger partial charge on any atom is 0.338 e. The van der Waals surface area contributed by atoms with E-state index in [2.05, 4.69) is 0 Å². The molecule has 3 aromatic rings. The van der Waals surface area contributed by atoms with Crippen LogP contribution in [0, 0.1) is 0 Å². The van der Waals surface area contributed by atoms with Crippen LogP contribution in [0.3, 0.4) is 0 Å². The average molecular weight is 736 g/mol. The van der Waals surface area contributed by atoms with Gasteiger partial charge in [-0.15, -0.1) is 0 Å². The Morgan fingerprint density at radius 3 is 2.08 bits per heavy atom. The normalized spacial score (nSPS) is 17.5. The summed E-state index contributed by atoms with van der Waals surface area (Å²) in [5.41, 5.74) is 4.21. The Balaban J connectivity index is 1.79. The first-order valence-electron chi connectivity index (χ1n) is 16.5. The third kappa shape index (κ3) is 6.63. The van der Waals surface area contributed by atoms with Crippen molar-refractivity contribution in [2.24, 2.45) is 0 Å². The summed E-state index contributed by atoms with van der Waals surface area (Å²) >= 11 is 0. The second-order valence-electron chi connectivity index (χ2n) is 14.9. The van der Waals surface area contributed by atoms with Crippen LogP contribution in [0.1, 0.15) is 85.6 Å². The molecule has 3 aromatic carbocycles. The van der Waals surface area contributed by atoms with Crippen molar-refractivity contribution in [1.29, 1.82) is 0 Å². The topological polar surface area (TPSA) is 151 Å². The summed E-state index contributed by atoms with van der Waals surface area (Å²) in [4.78, 5) is 15.5. The lowest BCUT2D eigenvalue weighted by atomic mass is 9.83. The maximum absolute atomic E-state index is 13.5. The van der Waals surface area contributed by atoms with Gasteiger partial charge in [-0.05, 0) is 66.3 Å². The highest BCUT2D eigenvalue weighted by atomic mass is 32.2. The molecule has 0 aliphatic carbocycles. The van der Waals surface area contributed by atoms with Crippen LogP contribution >= 0.6 is 0 Å². The highest BCUT2D eigenvalue weighted by Crippen LogP contribution is 2.47. The first kappa shape index (κ1) is 36.5. The van der Waals surface area contributed by atoms with E-state index in [4.69, 9.17) is 9.47 Å². The second-order valence-corrected chi connectivity index (χ2v) is 17.8. The molecule has 2 N–H and O–H groups in total. The number of carbonyl (C=O) groups excluding carboxylic acids is 1. The first-order chi connectivity index (χ1) is 23.5. The number of likely N-dealkylation sites (N-methyl/N-ethyl adjacent to an activating group) is 2. The molecule has 0 bridgehead atoms. The zero-order valence-corrected chi connectivity index (χ0v) is 31.8. The van der Waals surface area contributed by atoms with Crippen LogP contribution in [-0.2, 0) is 25.0 Å². The highest BCUT2D eigenvalue weighted by Gasteiger charge is 2.37. The molecule has 0 saturated carbocycles. The molecule has 0 saturated heterocycles. The molecule has 3 aliphatic heterocycles. The number of esters is 1. The van der Waals surface area contributed by atoms with E-state index in [1.54, 1.807) is 6.07 Å². The Labute approximate surface area is 298 Å². The molecule has 0 aromatic heterocycles. The fraction of sp³-hybridized carbons (Fsp3) is 0.368. The molecule has 0 unspecified atom stereocenters. The first-order valence-corrected chi connectivity index (χ1v) is 19.7. The average Bonchev–Trinajstić information content (AvgIpc) is 3.01. The lowest BCUT2D eigenvalue weighted by Crippen LogP contribution is -2.47. The molecular formula is C38H43N2O9S2+. The van der Waals surface area contributed by atoms with E-state index >= 15 is 0 Å². The molecule has 11 nitrogen and oxygen atoms in total. The van der Waals surface area contributed by atoms with Gasteiger partial charge in [-0.25, -0.2) is 9.37 Å². The van der Waals surface area contributed by atoms with Gasteiger partial charge >= 0.3 is 5.97 Å². The number of nitrogens with zero attached hydrogens (tertiary/aromatic N) is 2. The van der Waals surface area contributed by atoms with Gasteiger partial charge in [-0.3, -0.25) is 9.11 Å². The van der Waals surface area contributed by atoms with Crippen molar-refractivity contribution in [3.05, 3.63) is 98.6 Å². The number of benzene rings is 3. The smallest absolute Gasteiger partial charge is 0.338 e. The molecule has 0 radical (unpaired) electrons. The number of fused-ring (bicyclic) bond motifs is 4. The third-order valence-corrected chi connectivity index (χ3v) is 11.6. The van der Waals surface area contributed by atoms with E-state index in [1.807, 2.05) is 114 Å². The summed E-state index contributed by atoms with van der Waals surface area (Å²) in [7, 11) is -3.74. The van der Waals surface area contributed by atoms with Crippen molar-refractivity contribution in [2.75, 3.05) is 37.6 Å². The highest BCUT2D eigenvalue weighted by molar-refractivity contribution is 7.86. The summed E-state index contributed by atoms with van der Waals surface area (Å²) in [6.45, 7) is 11.8. The largest absolute Gasteiger partial charge is 0.465 e. The number of methoxy groups -OCH3 is 1. The Bertz CT molecular complexity index is 2460. The lowest BCUT2D eigenvalue weighted by molar-refractivity contribution is 0.0600. The van der Waals surface area contributed by atoms with Crippen molar-refractivity contribution >= 4 is 48.6 Å². The molecule has 6 rings (SSSR count). The SMILES string of the molecule is COC(=O)c1cc(C(C)C)ccc1C1=c2cc3c(cc2Oc2cc4c(cc21)C(CS(=O)(=O)O)=CC(C)(C)N4C)=[N+](C)C(C)(C)C=C3CS(=O)(=O)O. The molecular weight excluding hydrogens is 693 g/mol. The van der Waals surface area contributed by atoms with Gasteiger partial charge in [-0.2, -0.15) is 16.8 Å². The Hall–Kier alpha value is -4.30. The van der Waals surface area contributed by atoms with Crippen LogP contribution in [0.4, 0.5) is 5.69 Å². The third-order valence-electron chi connectivity index (χ3n) is 10.2. The monoisotopic (exact) mass is 735 g/mol.